The van der Waals surface area contributed by atoms with Crippen molar-refractivity contribution in [3.05, 3.63) is 11.6 Å². The second kappa shape index (κ2) is 5.01. The molecule has 0 spiro atoms. The molecule has 0 aromatic carbocycles. The van der Waals surface area contributed by atoms with Crippen molar-refractivity contribution in [2.45, 2.75) is 59.8 Å². The first-order chi connectivity index (χ1) is 9.25. The highest BCUT2D eigenvalue weighted by atomic mass is 16.4. The van der Waals surface area contributed by atoms with Gasteiger partial charge in [0.1, 0.15) is 0 Å². The van der Waals surface area contributed by atoms with E-state index in [-0.39, 0.29) is 22.5 Å². The quantitative estimate of drug-likeness (QED) is 0.778. The molecule has 20 heavy (non-hydrogen) atoms. The van der Waals surface area contributed by atoms with Crippen molar-refractivity contribution >= 4 is 11.8 Å². The molecule has 3 heteroatoms. The number of carboxylic acids is 1. The van der Waals surface area contributed by atoms with Gasteiger partial charge in [-0.25, -0.2) is 0 Å². The van der Waals surface area contributed by atoms with Gasteiger partial charge in [-0.3, -0.25) is 9.59 Å². The van der Waals surface area contributed by atoms with Crippen molar-refractivity contribution in [2.75, 3.05) is 0 Å². The lowest BCUT2D eigenvalue weighted by Gasteiger charge is -2.31. The van der Waals surface area contributed by atoms with Crippen molar-refractivity contribution in [2.24, 2.45) is 22.7 Å². The van der Waals surface area contributed by atoms with Gasteiger partial charge in [0.2, 0.25) is 0 Å². The van der Waals surface area contributed by atoms with E-state index in [9.17, 15) is 14.7 Å². The highest BCUT2D eigenvalue weighted by Gasteiger charge is 2.63. The van der Waals surface area contributed by atoms with Crippen LogP contribution in [0.2, 0.25) is 0 Å². The molecule has 2 bridgehead atoms. The zero-order valence-electron chi connectivity index (χ0n) is 13.0. The third-order valence-corrected chi connectivity index (χ3v) is 5.93. The molecule has 2 fully saturated rings. The van der Waals surface area contributed by atoms with Crippen LogP contribution in [-0.4, -0.2) is 16.9 Å². The molecule has 0 radical (unpaired) electrons. The van der Waals surface area contributed by atoms with Crippen LogP contribution in [0.4, 0.5) is 0 Å². The van der Waals surface area contributed by atoms with Crippen molar-refractivity contribution in [3.63, 3.8) is 0 Å². The van der Waals surface area contributed by atoms with Gasteiger partial charge in [0.05, 0.1) is 5.92 Å². The summed E-state index contributed by atoms with van der Waals surface area (Å²) in [6.07, 6.45) is 6.23. The Bertz CT molecular complexity index is 461. The fraction of sp³-hybridized carbons (Fsp3) is 0.765. The number of rotatable bonds is 5. The highest BCUT2D eigenvalue weighted by molar-refractivity contribution is 6.05. The molecule has 0 aromatic rings. The Kier molecular flexibility index (Phi) is 3.83. The molecular formula is C17H26O3. The van der Waals surface area contributed by atoms with Gasteiger partial charge < -0.3 is 5.11 Å². The van der Waals surface area contributed by atoms with Gasteiger partial charge >= 0.3 is 5.97 Å². The normalized spacial score (nSPS) is 34.7. The summed E-state index contributed by atoms with van der Waals surface area (Å²) in [5, 5.41) is 9.36. The third kappa shape index (κ3) is 2.02. The Morgan fingerprint density at radius 1 is 1.45 bits per heavy atom. The molecule has 2 saturated carbocycles. The van der Waals surface area contributed by atoms with E-state index in [0.29, 0.717) is 6.42 Å². The van der Waals surface area contributed by atoms with Gasteiger partial charge in [-0.15, -0.1) is 0 Å². The van der Waals surface area contributed by atoms with Gasteiger partial charge in [-0.2, -0.15) is 0 Å². The van der Waals surface area contributed by atoms with Crippen LogP contribution < -0.4 is 0 Å². The number of aliphatic carboxylic acids is 1. The second-order valence-electron chi connectivity index (χ2n) is 7.18. The average Bonchev–Trinajstić information content (AvgIpc) is 2.67. The van der Waals surface area contributed by atoms with Crippen LogP contribution in [0.5, 0.6) is 0 Å². The summed E-state index contributed by atoms with van der Waals surface area (Å²) in [4.78, 5) is 24.1. The number of hydrogen-bond donors (Lipinski definition) is 1. The summed E-state index contributed by atoms with van der Waals surface area (Å²) in [6.45, 7) is 8.42. The molecule has 3 atom stereocenters. The SMILES string of the molecule is CCCC[C@@H](/C=C1/C(=O)[C@@]2(C)CC[C@@H]1C2(C)C)C(=O)O. The predicted molar refractivity (Wildman–Crippen MR) is 78.4 cm³/mol. The number of carbonyl (C=O) groups excluding carboxylic acids is 1. The Morgan fingerprint density at radius 2 is 2.10 bits per heavy atom. The van der Waals surface area contributed by atoms with Crippen molar-refractivity contribution in [3.8, 4) is 0 Å². The van der Waals surface area contributed by atoms with Gasteiger partial charge in [-0.05, 0) is 36.2 Å². The van der Waals surface area contributed by atoms with Crippen molar-refractivity contribution < 1.29 is 14.7 Å². The maximum atomic E-state index is 12.7. The Hall–Kier alpha value is -1.12. The van der Waals surface area contributed by atoms with E-state index in [2.05, 4.69) is 27.7 Å². The topological polar surface area (TPSA) is 54.4 Å². The van der Waals surface area contributed by atoms with Crippen LogP contribution in [0.15, 0.2) is 11.6 Å². The number of carboxylic acid groups (broad SMARTS) is 1. The van der Waals surface area contributed by atoms with Gasteiger partial charge in [0.25, 0.3) is 0 Å². The minimum atomic E-state index is -0.801. The number of fused-ring (bicyclic) bond motifs is 2. The molecule has 2 aliphatic rings. The van der Waals surface area contributed by atoms with Crippen LogP contribution >= 0.6 is 0 Å². The molecule has 0 saturated heterocycles. The molecule has 3 nitrogen and oxygen atoms in total. The monoisotopic (exact) mass is 278 g/mol. The first-order valence-electron chi connectivity index (χ1n) is 7.75. The van der Waals surface area contributed by atoms with Crippen LogP contribution in [0.3, 0.4) is 0 Å². The number of unbranched alkanes of at least 4 members (excludes halogenated alkanes) is 1. The second-order valence-corrected chi connectivity index (χ2v) is 7.18. The Morgan fingerprint density at radius 3 is 2.55 bits per heavy atom. The van der Waals surface area contributed by atoms with Gasteiger partial charge in [0.15, 0.2) is 5.78 Å². The van der Waals surface area contributed by atoms with Crippen LogP contribution in [0.25, 0.3) is 0 Å². The molecule has 2 aliphatic carbocycles. The molecule has 0 unspecified atom stereocenters. The van der Waals surface area contributed by atoms with E-state index >= 15 is 0 Å². The summed E-state index contributed by atoms with van der Waals surface area (Å²) in [5.74, 6) is -0.873. The van der Waals surface area contributed by atoms with Crippen LogP contribution in [0.1, 0.15) is 59.8 Å². The van der Waals surface area contributed by atoms with Crippen LogP contribution in [0, 0.1) is 22.7 Å². The first-order valence-corrected chi connectivity index (χ1v) is 7.75. The maximum absolute atomic E-state index is 12.7. The van der Waals surface area contributed by atoms with E-state index in [1.54, 1.807) is 6.08 Å². The minimum Gasteiger partial charge on any atom is -0.481 e. The highest BCUT2D eigenvalue weighted by Crippen LogP contribution is 2.65. The van der Waals surface area contributed by atoms with E-state index in [1.165, 1.54) is 0 Å². The number of Topliss-reactive ketones (excluding diaryl/α,β-unsaturated/α-hetero) is 1. The van der Waals surface area contributed by atoms with Crippen LogP contribution in [-0.2, 0) is 9.59 Å². The summed E-state index contributed by atoms with van der Waals surface area (Å²) in [5.41, 5.74) is 0.466. The van der Waals surface area contributed by atoms with Crippen molar-refractivity contribution in [1.29, 1.82) is 0 Å². The molecule has 0 amide bonds. The van der Waals surface area contributed by atoms with E-state index < -0.39 is 11.9 Å². The summed E-state index contributed by atoms with van der Waals surface area (Å²) < 4.78 is 0. The predicted octanol–water partition coefficient (Wildman–Crippen LogP) is 3.83. The largest absolute Gasteiger partial charge is 0.481 e. The third-order valence-electron chi connectivity index (χ3n) is 5.93. The summed E-state index contributed by atoms with van der Waals surface area (Å²) in [6, 6.07) is 0. The van der Waals surface area contributed by atoms with Gasteiger partial charge in [-0.1, -0.05) is 46.6 Å². The Labute approximate surface area is 121 Å². The lowest BCUT2D eigenvalue weighted by molar-refractivity contribution is -0.140. The zero-order valence-corrected chi connectivity index (χ0v) is 13.0. The Balaban J connectivity index is 2.31. The number of ketones is 1. The number of hydrogen-bond acceptors (Lipinski definition) is 2. The number of carbonyl (C=O) groups is 2. The molecule has 0 heterocycles. The molecule has 2 rings (SSSR count). The maximum Gasteiger partial charge on any atom is 0.310 e. The van der Waals surface area contributed by atoms with Gasteiger partial charge in [0, 0.05) is 5.41 Å². The van der Waals surface area contributed by atoms with E-state index in [4.69, 9.17) is 0 Å². The summed E-state index contributed by atoms with van der Waals surface area (Å²) >= 11 is 0. The van der Waals surface area contributed by atoms with E-state index in [0.717, 1.165) is 31.3 Å². The standard InChI is InChI=1S/C17H26O3/c1-5-6-7-11(15(19)20)10-12-13-8-9-17(4,14(12)18)16(13,2)3/h10-11,13H,5-9H2,1-4H3,(H,19,20)/b12-10+/t11-,13-,17+/m0/s1. The average molecular weight is 278 g/mol. The molecule has 0 aliphatic heterocycles. The molecule has 1 N–H and O–H groups in total. The van der Waals surface area contributed by atoms with Crippen molar-refractivity contribution in [1.82, 2.24) is 0 Å². The fourth-order valence-corrected chi connectivity index (χ4v) is 4.04. The zero-order chi connectivity index (χ0) is 15.1. The number of allylic oxidation sites excluding steroid dienone is 1. The lowest BCUT2D eigenvalue weighted by atomic mass is 9.70. The fourth-order valence-electron chi connectivity index (χ4n) is 4.04. The summed E-state index contributed by atoms with van der Waals surface area (Å²) in [7, 11) is 0. The van der Waals surface area contributed by atoms with E-state index in [1.807, 2.05) is 0 Å². The molecule has 0 aromatic heterocycles. The minimum absolute atomic E-state index is 0.0380. The lowest BCUT2D eigenvalue weighted by Crippen LogP contribution is -2.32. The molecular weight excluding hydrogens is 252 g/mol. The smallest absolute Gasteiger partial charge is 0.310 e. The first kappa shape index (κ1) is 15.3. The molecule has 112 valence electrons.